The number of carbonyl (C=O) groups is 2. The highest BCUT2D eigenvalue weighted by Crippen LogP contribution is 2.31. The number of nitrogens with zero attached hydrogens (tertiary/aromatic N) is 1. The molecule has 0 amide bonds. The third-order valence-electron chi connectivity index (χ3n) is 3.08. The molecular weight excluding hydrogens is 329 g/mol. The SMILES string of the molecule is CC1(C)OC(=O)C(=CNc2c(Cl)cc3[nH]cnc3c2F)C(=O)O1. The van der Waals surface area contributed by atoms with Crippen molar-refractivity contribution in [2.45, 2.75) is 19.6 Å². The number of ether oxygens (including phenoxy) is 2. The number of benzene rings is 1. The molecule has 0 unspecified atom stereocenters. The highest BCUT2D eigenvalue weighted by molar-refractivity contribution is 6.34. The molecule has 1 saturated heterocycles. The van der Waals surface area contributed by atoms with E-state index in [1.807, 2.05) is 0 Å². The fourth-order valence-corrected chi connectivity index (χ4v) is 2.31. The highest BCUT2D eigenvalue weighted by atomic mass is 35.5. The molecule has 1 fully saturated rings. The van der Waals surface area contributed by atoms with Crippen LogP contribution in [0.3, 0.4) is 0 Å². The van der Waals surface area contributed by atoms with E-state index in [1.165, 1.54) is 26.2 Å². The minimum Gasteiger partial charge on any atom is -0.419 e. The number of cyclic esters (lactones) is 2. The van der Waals surface area contributed by atoms with Crippen molar-refractivity contribution in [3.05, 3.63) is 35.0 Å². The lowest BCUT2D eigenvalue weighted by atomic mass is 10.2. The Kier molecular flexibility index (Phi) is 3.48. The number of imidazole rings is 1. The van der Waals surface area contributed by atoms with Crippen LogP contribution in [0.1, 0.15) is 13.8 Å². The summed E-state index contributed by atoms with van der Waals surface area (Å²) >= 11 is 5.99. The van der Waals surface area contributed by atoms with E-state index in [1.54, 1.807) is 0 Å². The molecule has 3 rings (SSSR count). The van der Waals surface area contributed by atoms with E-state index in [2.05, 4.69) is 15.3 Å². The largest absolute Gasteiger partial charge is 0.419 e. The minimum atomic E-state index is -1.34. The Morgan fingerprint density at radius 1 is 1.35 bits per heavy atom. The van der Waals surface area contributed by atoms with Gasteiger partial charge in [0.25, 0.3) is 5.79 Å². The molecule has 2 aromatic rings. The van der Waals surface area contributed by atoms with E-state index in [0.717, 1.165) is 6.20 Å². The topological polar surface area (TPSA) is 93.3 Å². The number of anilines is 1. The van der Waals surface area contributed by atoms with Gasteiger partial charge in [-0.15, -0.1) is 0 Å². The zero-order valence-corrected chi connectivity index (χ0v) is 12.8. The van der Waals surface area contributed by atoms with Crippen molar-refractivity contribution in [2.24, 2.45) is 0 Å². The van der Waals surface area contributed by atoms with E-state index in [9.17, 15) is 14.0 Å². The summed E-state index contributed by atoms with van der Waals surface area (Å²) in [6.07, 6.45) is 2.31. The van der Waals surface area contributed by atoms with Crippen LogP contribution in [0, 0.1) is 5.82 Å². The van der Waals surface area contributed by atoms with E-state index in [0.29, 0.717) is 5.52 Å². The minimum absolute atomic E-state index is 0.0500. The Morgan fingerprint density at radius 3 is 2.65 bits per heavy atom. The molecule has 1 aromatic heterocycles. The number of halogens is 2. The number of hydrogen-bond donors (Lipinski definition) is 2. The second-order valence-corrected chi connectivity index (χ2v) is 5.63. The molecule has 0 spiro atoms. The summed E-state index contributed by atoms with van der Waals surface area (Å²) in [6, 6.07) is 1.47. The van der Waals surface area contributed by atoms with Gasteiger partial charge < -0.3 is 19.8 Å². The Bertz CT molecular complexity index is 837. The molecule has 1 aliphatic rings. The molecule has 0 saturated carbocycles. The zero-order valence-electron chi connectivity index (χ0n) is 12.1. The van der Waals surface area contributed by atoms with Crippen molar-refractivity contribution in [1.82, 2.24) is 9.97 Å². The standard InChI is InChI=1S/C14H11ClFN3O4/c1-14(2)22-12(20)6(13(21)23-14)4-17-10-7(15)3-8-11(9(10)16)19-5-18-8/h3-5,17H,1-2H3,(H,18,19). The summed E-state index contributed by atoms with van der Waals surface area (Å²) in [7, 11) is 0. The summed E-state index contributed by atoms with van der Waals surface area (Å²) in [6.45, 7) is 2.85. The van der Waals surface area contributed by atoms with Gasteiger partial charge in [0.05, 0.1) is 22.6 Å². The van der Waals surface area contributed by atoms with Crippen molar-refractivity contribution in [3.63, 3.8) is 0 Å². The predicted octanol–water partition coefficient (Wildman–Crippen LogP) is 2.49. The number of rotatable bonds is 2. The van der Waals surface area contributed by atoms with Gasteiger partial charge in [0.2, 0.25) is 0 Å². The third kappa shape index (κ3) is 2.72. The first-order chi connectivity index (χ1) is 10.8. The van der Waals surface area contributed by atoms with E-state index < -0.39 is 29.1 Å². The van der Waals surface area contributed by atoms with Gasteiger partial charge in [0.1, 0.15) is 5.52 Å². The van der Waals surface area contributed by atoms with Crippen LogP contribution in [0.25, 0.3) is 11.0 Å². The quantitative estimate of drug-likeness (QED) is 0.496. The molecule has 7 nitrogen and oxygen atoms in total. The van der Waals surface area contributed by atoms with Crippen molar-refractivity contribution in [1.29, 1.82) is 0 Å². The van der Waals surface area contributed by atoms with Gasteiger partial charge in [-0.25, -0.2) is 19.0 Å². The third-order valence-corrected chi connectivity index (χ3v) is 3.38. The lowest BCUT2D eigenvalue weighted by Gasteiger charge is -2.29. The highest BCUT2D eigenvalue weighted by Gasteiger charge is 2.39. The summed E-state index contributed by atoms with van der Waals surface area (Å²) in [5, 5.41) is 2.55. The van der Waals surface area contributed by atoms with Crippen molar-refractivity contribution in [2.75, 3.05) is 5.32 Å². The van der Waals surface area contributed by atoms with Gasteiger partial charge in [0.15, 0.2) is 11.4 Å². The monoisotopic (exact) mass is 339 g/mol. The van der Waals surface area contributed by atoms with E-state index in [4.69, 9.17) is 21.1 Å². The van der Waals surface area contributed by atoms with Gasteiger partial charge in [-0.2, -0.15) is 0 Å². The van der Waals surface area contributed by atoms with E-state index >= 15 is 0 Å². The van der Waals surface area contributed by atoms with Gasteiger partial charge in [0, 0.05) is 20.0 Å². The first kappa shape index (κ1) is 15.3. The molecule has 1 aliphatic heterocycles. The number of fused-ring (bicyclic) bond motifs is 1. The van der Waals surface area contributed by atoms with Crippen LogP contribution < -0.4 is 5.32 Å². The number of aromatic amines is 1. The number of carbonyl (C=O) groups excluding carboxylic acids is 2. The first-order valence-corrected chi connectivity index (χ1v) is 6.91. The summed E-state index contributed by atoms with van der Waals surface area (Å²) in [5.41, 5.74) is -0.0275. The lowest BCUT2D eigenvalue weighted by Crippen LogP contribution is -2.42. The van der Waals surface area contributed by atoms with Gasteiger partial charge >= 0.3 is 11.9 Å². The summed E-state index contributed by atoms with van der Waals surface area (Å²) in [4.78, 5) is 30.2. The number of H-pyrrole nitrogens is 1. The second-order valence-electron chi connectivity index (χ2n) is 5.23. The number of nitrogens with one attached hydrogen (secondary N) is 2. The maximum absolute atomic E-state index is 14.3. The van der Waals surface area contributed by atoms with Crippen LogP contribution in [-0.4, -0.2) is 27.7 Å². The lowest BCUT2D eigenvalue weighted by molar-refractivity contribution is -0.222. The van der Waals surface area contributed by atoms with Crippen LogP contribution in [0.4, 0.5) is 10.1 Å². The average Bonchev–Trinajstić information content (AvgIpc) is 2.87. The van der Waals surface area contributed by atoms with Crippen LogP contribution >= 0.6 is 11.6 Å². The molecule has 120 valence electrons. The van der Waals surface area contributed by atoms with Gasteiger partial charge in [-0.3, -0.25) is 0 Å². The molecule has 2 heterocycles. The second kappa shape index (κ2) is 5.24. The van der Waals surface area contributed by atoms with Gasteiger partial charge in [-0.05, 0) is 6.07 Å². The molecule has 23 heavy (non-hydrogen) atoms. The molecule has 0 bridgehead atoms. The first-order valence-electron chi connectivity index (χ1n) is 6.53. The number of hydrogen-bond acceptors (Lipinski definition) is 6. The van der Waals surface area contributed by atoms with Crippen molar-refractivity contribution >= 4 is 40.3 Å². The average molecular weight is 340 g/mol. The summed E-state index contributed by atoms with van der Waals surface area (Å²) in [5.74, 6) is -3.82. The van der Waals surface area contributed by atoms with Gasteiger partial charge in [-0.1, -0.05) is 11.6 Å². The Labute approximate surface area is 134 Å². The summed E-state index contributed by atoms with van der Waals surface area (Å²) < 4.78 is 24.2. The maximum atomic E-state index is 14.3. The smallest absolute Gasteiger partial charge is 0.350 e. The van der Waals surface area contributed by atoms with Crippen LogP contribution in [-0.2, 0) is 19.1 Å². The Balaban J connectivity index is 1.94. The predicted molar refractivity (Wildman–Crippen MR) is 79.0 cm³/mol. The van der Waals surface area contributed by atoms with Crippen molar-refractivity contribution < 1.29 is 23.5 Å². The molecule has 0 aliphatic carbocycles. The Morgan fingerprint density at radius 2 is 2.00 bits per heavy atom. The molecule has 0 atom stereocenters. The van der Waals surface area contributed by atoms with Crippen LogP contribution in [0.5, 0.6) is 0 Å². The fourth-order valence-electron chi connectivity index (χ4n) is 2.07. The van der Waals surface area contributed by atoms with E-state index in [-0.39, 0.29) is 16.2 Å². The van der Waals surface area contributed by atoms with Crippen LogP contribution in [0.15, 0.2) is 24.2 Å². The molecule has 2 N–H and O–H groups in total. The molecule has 0 radical (unpaired) electrons. The zero-order chi connectivity index (χ0) is 16.8. The van der Waals surface area contributed by atoms with Crippen LogP contribution in [0.2, 0.25) is 5.02 Å². The molecule has 1 aromatic carbocycles. The maximum Gasteiger partial charge on any atom is 0.350 e. The number of esters is 2. The van der Waals surface area contributed by atoms with Crippen molar-refractivity contribution in [3.8, 4) is 0 Å². The Hall–Kier alpha value is -2.61. The normalized spacial score (nSPS) is 17.0. The number of aromatic nitrogens is 2. The molecule has 9 heteroatoms. The molecular formula is C14H11ClFN3O4. The fraction of sp³-hybridized carbons (Fsp3) is 0.214.